The van der Waals surface area contributed by atoms with E-state index in [1.807, 2.05) is 0 Å². The zero-order chi connectivity index (χ0) is 14.5. The summed E-state index contributed by atoms with van der Waals surface area (Å²) in [6.45, 7) is 6.78. The maximum Gasteiger partial charge on any atom is 0.251 e. The van der Waals surface area contributed by atoms with E-state index in [-0.39, 0.29) is 5.41 Å². The van der Waals surface area contributed by atoms with Gasteiger partial charge in [0.05, 0.1) is 17.4 Å². The second-order valence-corrected chi connectivity index (χ2v) is 6.27. The summed E-state index contributed by atoms with van der Waals surface area (Å²) in [6.07, 6.45) is 4.35. The Bertz CT molecular complexity index is 685. The van der Waals surface area contributed by atoms with Crippen LogP contribution in [0, 0.1) is 0 Å². The Kier molecular flexibility index (Phi) is 2.71. The lowest BCUT2D eigenvalue weighted by molar-refractivity contribution is 0.100. The van der Waals surface area contributed by atoms with Crippen LogP contribution in [0.15, 0.2) is 30.6 Å². The average Bonchev–Trinajstić information content (AvgIpc) is 2.94. The number of carbonyl (C=O) groups is 1. The van der Waals surface area contributed by atoms with Crippen molar-refractivity contribution in [2.24, 2.45) is 5.73 Å². The third-order valence-corrected chi connectivity index (χ3v) is 4.21. The lowest BCUT2D eigenvalue weighted by Gasteiger charge is -2.22. The summed E-state index contributed by atoms with van der Waals surface area (Å²) in [4.78, 5) is 11.2. The van der Waals surface area contributed by atoms with Crippen molar-refractivity contribution in [2.75, 3.05) is 0 Å². The van der Waals surface area contributed by atoms with E-state index < -0.39 is 5.91 Å². The molecule has 4 heteroatoms. The van der Waals surface area contributed by atoms with Crippen molar-refractivity contribution in [3.8, 4) is 5.69 Å². The van der Waals surface area contributed by atoms with Crippen molar-refractivity contribution in [1.29, 1.82) is 0 Å². The molecule has 0 fully saturated rings. The number of primary amides is 1. The summed E-state index contributed by atoms with van der Waals surface area (Å²) in [6, 6.07) is 6.30. The fourth-order valence-corrected chi connectivity index (χ4v) is 3.46. The predicted molar refractivity (Wildman–Crippen MR) is 78.1 cm³/mol. The quantitative estimate of drug-likeness (QED) is 0.911. The smallest absolute Gasteiger partial charge is 0.251 e. The van der Waals surface area contributed by atoms with Gasteiger partial charge < -0.3 is 5.73 Å². The lowest BCUT2D eigenvalue weighted by atomic mass is 9.85. The van der Waals surface area contributed by atoms with Crippen molar-refractivity contribution in [1.82, 2.24) is 9.78 Å². The van der Waals surface area contributed by atoms with E-state index in [4.69, 9.17) is 5.73 Å². The van der Waals surface area contributed by atoms with E-state index in [9.17, 15) is 4.79 Å². The zero-order valence-electron chi connectivity index (χ0n) is 12.1. The molecule has 0 spiro atoms. The number of benzene rings is 1. The Labute approximate surface area is 118 Å². The SMILES string of the molecule is CC1CC(C)(C)c2c1cccc2-n1cc(C(N)=O)cn1. The molecule has 1 aromatic heterocycles. The van der Waals surface area contributed by atoms with Crippen LogP contribution < -0.4 is 5.73 Å². The highest BCUT2D eigenvalue weighted by atomic mass is 16.1. The molecule has 1 aliphatic carbocycles. The summed E-state index contributed by atoms with van der Waals surface area (Å²) >= 11 is 0. The Hall–Kier alpha value is -2.10. The second-order valence-electron chi connectivity index (χ2n) is 6.27. The molecule has 3 rings (SSSR count). The van der Waals surface area contributed by atoms with Crippen molar-refractivity contribution < 1.29 is 4.79 Å². The molecule has 104 valence electrons. The molecule has 0 saturated carbocycles. The number of fused-ring (bicyclic) bond motifs is 1. The Morgan fingerprint density at radius 3 is 2.85 bits per heavy atom. The molecule has 1 aliphatic rings. The van der Waals surface area contributed by atoms with Crippen LogP contribution in [0.5, 0.6) is 0 Å². The normalized spacial score (nSPS) is 19.9. The fraction of sp³-hybridized carbons (Fsp3) is 0.375. The standard InChI is InChI=1S/C16H19N3O/c1-10-7-16(2,3)14-12(10)5-4-6-13(14)19-9-11(8-18-19)15(17)20/h4-6,8-10H,7H2,1-3H3,(H2,17,20). The number of nitrogens with zero attached hydrogens (tertiary/aromatic N) is 2. The third-order valence-electron chi connectivity index (χ3n) is 4.21. The maximum atomic E-state index is 11.2. The van der Waals surface area contributed by atoms with Gasteiger partial charge >= 0.3 is 0 Å². The molecule has 1 amide bonds. The molecule has 1 heterocycles. The minimum Gasteiger partial charge on any atom is -0.366 e. The van der Waals surface area contributed by atoms with Gasteiger partial charge in [-0.05, 0) is 34.9 Å². The van der Waals surface area contributed by atoms with Crippen molar-refractivity contribution in [3.63, 3.8) is 0 Å². The molecule has 0 bridgehead atoms. The van der Waals surface area contributed by atoms with Crippen LogP contribution in [0.2, 0.25) is 0 Å². The molecule has 0 aliphatic heterocycles. The molecule has 1 unspecified atom stereocenters. The third kappa shape index (κ3) is 1.83. The van der Waals surface area contributed by atoms with E-state index in [1.165, 1.54) is 17.3 Å². The van der Waals surface area contributed by atoms with Crippen LogP contribution in [0.25, 0.3) is 5.69 Å². The molecule has 1 atom stereocenters. The maximum absolute atomic E-state index is 11.2. The molecule has 2 N–H and O–H groups in total. The summed E-state index contributed by atoms with van der Waals surface area (Å²) in [5, 5.41) is 4.29. The van der Waals surface area contributed by atoms with Crippen molar-refractivity contribution >= 4 is 5.91 Å². The minimum absolute atomic E-state index is 0.115. The summed E-state index contributed by atoms with van der Waals surface area (Å²) in [5.41, 5.74) is 9.60. The molecule has 2 aromatic rings. The molecule has 1 aromatic carbocycles. The molecular formula is C16H19N3O. The van der Waals surface area contributed by atoms with E-state index >= 15 is 0 Å². The number of hydrogen-bond donors (Lipinski definition) is 1. The van der Waals surface area contributed by atoms with Crippen LogP contribution in [0.3, 0.4) is 0 Å². The first-order valence-corrected chi connectivity index (χ1v) is 6.88. The van der Waals surface area contributed by atoms with E-state index in [0.29, 0.717) is 11.5 Å². The Balaban J connectivity index is 2.18. The highest BCUT2D eigenvalue weighted by Crippen LogP contribution is 2.47. The van der Waals surface area contributed by atoms with Crippen LogP contribution in [-0.4, -0.2) is 15.7 Å². The highest BCUT2D eigenvalue weighted by Gasteiger charge is 2.37. The number of aromatic nitrogens is 2. The van der Waals surface area contributed by atoms with Crippen LogP contribution in [-0.2, 0) is 5.41 Å². The first-order valence-electron chi connectivity index (χ1n) is 6.88. The molecule has 20 heavy (non-hydrogen) atoms. The van der Waals surface area contributed by atoms with Crippen LogP contribution >= 0.6 is 0 Å². The lowest BCUT2D eigenvalue weighted by Crippen LogP contribution is -2.16. The molecular weight excluding hydrogens is 250 g/mol. The topological polar surface area (TPSA) is 60.9 Å². The van der Waals surface area contributed by atoms with Gasteiger partial charge in [0, 0.05) is 6.20 Å². The van der Waals surface area contributed by atoms with Gasteiger partial charge in [0.2, 0.25) is 0 Å². The number of hydrogen-bond acceptors (Lipinski definition) is 2. The van der Waals surface area contributed by atoms with Crippen molar-refractivity contribution in [3.05, 3.63) is 47.3 Å². The summed E-state index contributed by atoms with van der Waals surface area (Å²) in [7, 11) is 0. The van der Waals surface area contributed by atoms with Gasteiger partial charge in [0.25, 0.3) is 5.91 Å². The van der Waals surface area contributed by atoms with E-state index in [1.54, 1.807) is 10.9 Å². The largest absolute Gasteiger partial charge is 0.366 e. The molecule has 0 radical (unpaired) electrons. The first kappa shape index (κ1) is 12.9. The van der Waals surface area contributed by atoms with Gasteiger partial charge in [-0.2, -0.15) is 5.10 Å². The molecule has 0 saturated heterocycles. The Morgan fingerprint density at radius 1 is 1.45 bits per heavy atom. The number of carbonyl (C=O) groups excluding carboxylic acids is 1. The number of nitrogens with two attached hydrogens (primary N) is 1. The van der Waals surface area contributed by atoms with Gasteiger partial charge in [0.1, 0.15) is 0 Å². The van der Waals surface area contributed by atoms with Gasteiger partial charge in [-0.15, -0.1) is 0 Å². The monoisotopic (exact) mass is 269 g/mol. The number of rotatable bonds is 2. The van der Waals surface area contributed by atoms with E-state index in [2.05, 4.69) is 44.1 Å². The average molecular weight is 269 g/mol. The second kappa shape index (κ2) is 4.20. The highest BCUT2D eigenvalue weighted by molar-refractivity contribution is 5.92. The molecule has 4 nitrogen and oxygen atoms in total. The van der Waals surface area contributed by atoms with Crippen LogP contribution in [0.4, 0.5) is 0 Å². The van der Waals surface area contributed by atoms with Gasteiger partial charge in [-0.3, -0.25) is 4.79 Å². The van der Waals surface area contributed by atoms with Gasteiger partial charge in [0.15, 0.2) is 0 Å². The predicted octanol–water partition coefficient (Wildman–Crippen LogP) is 2.76. The van der Waals surface area contributed by atoms with Gasteiger partial charge in [-0.1, -0.05) is 32.9 Å². The minimum atomic E-state index is -0.448. The fourth-order valence-electron chi connectivity index (χ4n) is 3.46. The van der Waals surface area contributed by atoms with E-state index in [0.717, 1.165) is 12.1 Å². The zero-order valence-corrected chi connectivity index (χ0v) is 12.1. The van der Waals surface area contributed by atoms with Crippen LogP contribution in [0.1, 0.15) is 54.6 Å². The first-order chi connectivity index (χ1) is 9.40. The summed E-state index contributed by atoms with van der Waals surface area (Å²) in [5.74, 6) is 0.0996. The van der Waals surface area contributed by atoms with Gasteiger partial charge in [-0.25, -0.2) is 4.68 Å². The number of amides is 1. The summed E-state index contributed by atoms with van der Waals surface area (Å²) < 4.78 is 1.76. The Morgan fingerprint density at radius 2 is 2.20 bits per heavy atom. The van der Waals surface area contributed by atoms with Crippen molar-refractivity contribution in [2.45, 2.75) is 38.5 Å².